The van der Waals surface area contributed by atoms with Gasteiger partial charge < -0.3 is 22.1 Å². The number of halogens is 3. The molecule has 0 radical (unpaired) electrons. The summed E-state index contributed by atoms with van der Waals surface area (Å²) in [6, 6.07) is 3.96. The van der Waals surface area contributed by atoms with Crippen LogP contribution in [-0.2, 0) is 11.0 Å². The fraction of sp³-hybridized carbons (Fsp3) is 0.263. The summed E-state index contributed by atoms with van der Waals surface area (Å²) < 4.78 is 40.6. The van der Waals surface area contributed by atoms with E-state index in [-0.39, 0.29) is 29.4 Å². The van der Waals surface area contributed by atoms with Crippen LogP contribution in [0.3, 0.4) is 0 Å². The lowest BCUT2D eigenvalue weighted by Gasteiger charge is -2.10. The van der Waals surface area contributed by atoms with E-state index in [2.05, 4.69) is 37.3 Å². The highest BCUT2D eigenvalue weighted by Gasteiger charge is 2.34. The Labute approximate surface area is 186 Å². The van der Waals surface area contributed by atoms with Crippen molar-refractivity contribution in [3.8, 4) is 17.8 Å². The number of imidazole rings is 1. The Morgan fingerprint density at radius 3 is 2.73 bits per heavy atom. The molecule has 0 aliphatic carbocycles. The molecule has 0 unspecified atom stereocenters. The van der Waals surface area contributed by atoms with Crippen molar-refractivity contribution in [2.75, 3.05) is 24.6 Å². The predicted molar refractivity (Wildman–Crippen MR) is 116 cm³/mol. The summed E-state index contributed by atoms with van der Waals surface area (Å²) >= 11 is 0. The van der Waals surface area contributed by atoms with Crippen LogP contribution in [0.15, 0.2) is 35.6 Å². The molecule has 1 amide bonds. The van der Waals surface area contributed by atoms with E-state index < -0.39 is 17.6 Å². The third-order valence-corrected chi connectivity index (χ3v) is 4.23. The summed E-state index contributed by atoms with van der Waals surface area (Å²) in [6.45, 7) is 3.99. The van der Waals surface area contributed by atoms with Gasteiger partial charge in [0.1, 0.15) is 5.82 Å². The molecule has 3 heterocycles. The molecule has 11 nitrogen and oxygen atoms in total. The number of rotatable bonds is 6. The lowest BCUT2D eigenvalue weighted by molar-refractivity contribution is -0.137. The SMILES string of the molecule is C#N.CN=C(N)NCCCC(=O)Nc1cn2nc(-c3cnc(N)c(C(F)(F)F)c3)ccc2n1. The second-order valence-corrected chi connectivity index (χ2v) is 6.49. The van der Waals surface area contributed by atoms with Crippen molar-refractivity contribution in [2.45, 2.75) is 19.0 Å². The van der Waals surface area contributed by atoms with Crippen LogP contribution in [0.2, 0.25) is 0 Å². The average molecular weight is 462 g/mol. The van der Waals surface area contributed by atoms with Gasteiger partial charge in [0.15, 0.2) is 17.4 Å². The minimum absolute atomic E-state index is 0.144. The van der Waals surface area contributed by atoms with Crippen molar-refractivity contribution in [3.05, 3.63) is 36.2 Å². The standard InChI is InChI=1S/C18H20F3N9O.CHN/c1-24-17(23)25-6-2-3-15(31)28-13-9-30-14(27-13)5-4-12(29-30)10-7-11(18(19,20)21)16(22)26-8-10;1-2/h4-5,7-9H,2-3,6H2,1H3,(H2,22,26)(H,28,31)(H3,23,24,25);1H. The quantitative estimate of drug-likeness (QED) is 0.244. The molecule has 0 saturated heterocycles. The highest BCUT2D eigenvalue weighted by atomic mass is 19.4. The number of carbonyl (C=O) groups excluding carboxylic acids is 1. The Balaban J connectivity index is 0.00000187. The van der Waals surface area contributed by atoms with E-state index in [0.717, 1.165) is 6.07 Å². The molecule has 0 aliphatic rings. The van der Waals surface area contributed by atoms with Crippen LogP contribution in [0.4, 0.5) is 24.8 Å². The number of anilines is 2. The van der Waals surface area contributed by atoms with Crippen molar-refractivity contribution >= 4 is 29.1 Å². The molecule has 3 aromatic rings. The number of guanidine groups is 1. The third-order valence-electron chi connectivity index (χ3n) is 4.23. The Morgan fingerprint density at radius 2 is 2.06 bits per heavy atom. The Morgan fingerprint density at radius 1 is 1.33 bits per heavy atom. The Hall–Kier alpha value is -4.41. The van der Waals surface area contributed by atoms with Crippen LogP contribution in [0.25, 0.3) is 16.9 Å². The zero-order valence-corrected chi connectivity index (χ0v) is 17.5. The first kappa shape index (κ1) is 24.9. The van der Waals surface area contributed by atoms with E-state index >= 15 is 0 Å². The number of aromatic nitrogens is 4. The molecule has 0 bridgehead atoms. The number of fused-ring (bicyclic) bond motifs is 1. The fourth-order valence-corrected chi connectivity index (χ4v) is 2.69. The van der Waals surface area contributed by atoms with Crippen molar-refractivity contribution in [1.29, 1.82) is 5.26 Å². The highest BCUT2D eigenvalue weighted by Crippen LogP contribution is 2.34. The topological polar surface area (TPSA) is 172 Å². The summed E-state index contributed by atoms with van der Waals surface area (Å²) in [5.41, 5.74) is 10.6. The largest absolute Gasteiger partial charge is 0.419 e. The van der Waals surface area contributed by atoms with E-state index in [4.69, 9.17) is 16.7 Å². The van der Waals surface area contributed by atoms with Gasteiger partial charge in [-0.2, -0.15) is 18.3 Å². The van der Waals surface area contributed by atoms with Crippen molar-refractivity contribution < 1.29 is 18.0 Å². The van der Waals surface area contributed by atoms with Crippen LogP contribution in [-0.4, -0.2) is 45.0 Å². The number of nitrogens with two attached hydrogens (primary N) is 2. The van der Waals surface area contributed by atoms with Gasteiger partial charge in [-0.05, 0) is 24.6 Å². The molecule has 0 aliphatic heterocycles. The molecule has 0 fully saturated rings. The number of nitrogen functional groups attached to an aromatic ring is 1. The number of amides is 1. The van der Waals surface area contributed by atoms with E-state index in [1.165, 1.54) is 23.0 Å². The number of hydrogen-bond donors (Lipinski definition) is 4. The number of aliphatic imine (C=N–C) groups is 1. The maximum atomic E-state index is 13.1. The van der Waals surface area contributed by atoms with E-state index in [9.17, 15) is 18.0 Å². The summed E-state index contributed by atoms with van der Waals surface area (Å²) in [7, 11) is 1.55. The second-order valence-electron chi connectivity index (χ2n) is 6.49. The van der Waals surface area contributed by atoms with Gasteiger partial charge in [0.25, 0.3) is 0 Å². The monoisotopic (exact) mass is 462 g/mol. The zero-order valence-electron chi connectivity index (χ0n) is 17.5. The van der Waals surface area contributed by atoms with E-state index in [1.807, 2.05) is 0 Å². The van der Waals surface area contributed by atoms with Crippen LogP contribution >= 0.6 is 0 Å². The van der Waals surface area contributed by atoms with Gasteiger partial charge in [-0.15, -0.1) is 0 Å². The van der Waals surface area contributed by atoms with Gasteiger partial charge in [-0.1, -0.05) is 0 Å². The van der Waals surface area contributed by atoms with Crippen molar-refractivity contribution in [1.82, 2.24) is 24.9 Å². The molecule has 0 spiro atoms. The minimum Gasteiger partial charge on any atom is -0.383 e. The van der Waals surface area contributed by atoms with Gasteiger partial charge in [-0.25, -0.2) is 19.7 Å². The molecular weight excluding hydrogens is 441 g/mol. The van der Waals surface area contributed by atoms with Crippen LogP contribution in [0.1, 0.15) is 18.4 Å². The van der Waals surface area contributed by atoms with Crippen molar-refractivity contribution in [3.63, 3.8) is 0 Å². The van der Waals surface area contributed by atoms with Crippen LogP contribution in [0, 0.1) is 11.8 Å². The molecule has 174 valence electrons. The van der Waals surface area contributed by atoms with Crippen LogP contribution < -0.4 is 22.1 Å². The number of pyridine rings is 1. The van der Waals surface area contributed by atoms with Gasteiger partial charge in [0.2, 0.25) is 5.91 Å². The number of nitriles is 1. The second kappa shape index (κ2) is 10.8. The molecule has 14 heteroatoms. The van der Waals surface area contributed by atoms with Gasteiger partial charge >= 0.3 is 6.18 Å². The lowest BCUT2D eigenvalue weighted by Crippen LogP contribution is -2.32. The maximum Gasteiger partial charge on any atom is 0.419 e. The van der Waals surface area contributed by atoms with E-state index in [1.54, 1.807) is 13.1 Å². The van der Waals surface area contributed by atoms with Crippen molar-refractivity contribution in [2.24, 2.45) is 10.7 Å². The first-order valence-electron chi connectivity index (χ1n) is 9.38. The predicted octanol–water partition coefficient (Wildman–Crippen LogP) is 1.78. The number of nitrogens with one attached hydrogen (secondary N) is 2. The summed E-state index contributed by atoms with van der Waals surface area (Å²) in [4.78, 5) is 23.6. The summed E-state index contributed by atoms with van der Waals surface area (Å²) in [5.74, 6) is -0.301. The van der Waals surface area contributed by atoms with Gasteiger partial charge in [0.05, 0.1) is 17.5 Å². The number of alkyl halides is 3. The molecule has 6 N–H and O–H groups in total. The molecule has 3 aromatic heterocycles. The zero-order chi connectivity index (χ0) is 24.6. The molecule has 33 heavy (non-hydrogen) atoms. The van der Waals surface area contributed by atoms with Crippen LogP contribution in [0.5, 0.6) is 0 Å². The normalized spacial score (nSPS) is 11.5. The number of hydrogen-bond acceptors (Lipinski definition) is 7. The van der Waals surface area contributed by atoms with E-state index in [0.29, 0.717) is 24.6 Å². The molecular formula is C19H21F3N10O. The highest BCUT2D eigenvalue weighted by molar-refractivity contribution is 5.90. The first-order valence-corrected chi connectivity index (χ1v) is 9.38. The lowest BCUT2D eigenvalue weighted by atomic mass is 10.1. The summed E-state index contributed by atoms with van der Waals surface area (Å²) in [5, 5.41) is 16.2. The Bertz CT molecular complexity index is 1170. The molecule has 0 atom stereocenters. The molecule has 0 aromatic carbocycles. The first-order chi connectivity index (χ1) is 15.7. The summed E-state index contributed by atoms with van der Waals surface area (Å²) in [6.07, 6.45) is -1.19. The molecule has 3 rings (SSSR count). The smallest absolute Gasteiger partial charge is 0.383 e. The number of carbonyl (C=O) groups is 1. The maximum absolute atomic E-state index is 13.1. The number of nitrogens with zero attached hydrogens (tertiary/aromatic N) is 6. The third kappa shape index (κ3) is 6.53. The van der Waals surface area contributed by atoms with Gasteiger partial charge in [0, 0.05) is 38.3 Å². The molecule has 0 saturated carbocycles. The Kier molecular flexibility index (Phi) is 8.10. The fourth-order valence-electron chi connectivity index (χ4n) is 2.69. The van der Waals surface area contributed by atoms with Gasteiger partial charge in [-0.3, -0.25) is 9.79 Å². The average Bonchev–Trinajstić information content (AvgIpc) is 3.18. The minimum atomic E-state index is -4.63.